The second-order valence-corrected chi connectivity index (χ2v) is 12.4. The molecule has 5 aromatic rings. The molecule has 1 aromatic carbocycles. The Kier molecular flexibility index (Phi) is 8.67. The lowest BCUT2D eigenvalue weighted by Crippen LogP contribution is -2.38. The molecule has 0 bridgehead atoms. The number of benzene rings is 1. The Labute approximate surface area is 255 Å². The van der Waals surface area contributed by atoms with Crippen LogP contribution in [-0.4, -0.2) is 62.4 Å². The first kappa shape index (κ1) is 29.2. The lowest BCUT2D eigenvalue weighted by Gasteiger charge is -2.30. The lowest BCUT2D eigenvalue weighted by atomic mass is 10.0. The van der Waals surface area contributed by atoms with Gasteiger partial charge in [0.05, 0.1) is 39.7 Å². The highest BCUT2D eigenvalue weighted by Crippen LogP contribution is 2.31. The fourth-order valence-electron chi connectivity index (χ4n) is 6.23. The quantitative estimate of drug-likeness (QED) is 0.237. The molecule has 224 valence electrons. The van der Waals surface area contributed by atoms with Gasteiger partial charge in [0.25, 0.3) is 5.91 Å². The number of nitrogens with zero attached hydrogens (tertiary/aromatic N) is 6. The zero-order valence-electron chi connectivity index (χ0n) is 25.2. The van der Waals surface area contributed by atoms with Gasteiger partial charge in [0, 0.05) is 38.4 Å². The van der Waals surface area contributed by atoms with E-state index in [0.29, 0.717) is 27.6 Å². The summed E-state index contributed by atoms with van der Waals surface area (Å²) in [6.45, 7) is 10.5. The molecule has 0 saturated carbocycles. The van der Waals surface area contributed by atoms with Crippen LogP contribution < -0.4 is 15.6 Å². The molecule has 1 aliphatic rings. The molecular formula is C33H39N7O2S. The summed E-state index contributed by atoms with van der Waals surface area (Å²) in [5.74, 6) is 0.444. The van der Waals surface area contributed by atoms with Gasteiger partial charge in [-0.1, -0.05) is 38.8 Å². The van der Waals surface area contributed by atoms with Crippen molar-refractivity contribution in [3.8, 4) is 0 Å². The van der Waals surface area contributed by atoms with Crippen LogP contribution in [0.3, 0.4) is 0 Å². The van der Waals surface area contributed by atoms with Crippen molar-refractivity contribution < 1.29 is 4.79 Å². The van der Waals surface area contributed by atoms with Crippen LogP contribution in [0.4, 0.5) is 5.82 Å². The zero-order chi connectivity index (χ0) is 29.9. The Morgan fingerprint density at radius 3 is 2.58 bits per heavy atom. The molecule has 10 heteroatoms. The molecule has 0 spiro atoms. The molecule has 43 heavy (non-hydrogen) atoms. The molecule has 1 amide bonds. The average Bonchev–Trinajstić information content (AvgIpc) is 3.22. The number of hydrogen-bond donors (Lipinski definition) is 1. The van der Waals surface area contributed by atoms with Crippen LogP contribution in [0.1, 0.15) is 67.7 Å². The number of carbonyl (C=O) groups is 1. The Bertz CT molecular complexity index is 1810. The molecule has 0 unspecified atom stereocenters. The van der Waals surface area contributed by atoms with Crippen LogP contribution in [0.25, 0.3) is 26.1 Å². The van der Waals surface area contributed by atoms with Crippen molar-refractivity contribution >= 4 is 49.1 Å². The van der Waals surface area contributed by atoms with Gasteiger partial charge in [0.1, 0.15) is 16.2 Å². The van der Waals surface area contributed by atoms with Gasteiger partial charge in [-0.25, -0.2) is 4.98 Å². The van der Waals surface area contributed by atoms with Crippen LogP contribution >= 0.6 is 11.3 Å². The number of para-hydroxylation sites is 1. The predicted octanol–water partition coefficient (Wildman–Crippen LogP) is 5.57. The highest BCUT2D eigenvalue weighted by molar-refractivity contribution is 7.24. The van der Waals surface area contributed by atoms with E-state index in [2.05, 4.69) is 38.9 Å². The maximum absolute atomic E-state index is 13.9. The number of carbonyl (C=O) groups excluding carboxylic acids is 1. The topological polar surface area (TPSA) is 95.7 Å². The summed E-state index contributed by atoms with van der Waals surface area (Å²) >= 11 is 1.44. The van der Waals surface area contributed by atoms with Crippen molar-refractivity contribution in [1.29, 1.82) is 0 Å². The van der Waals surface area contributed by atoms with Crippen molar-refractivity contribution in [2.75, 3.05) is 31.1 Å². The number of rotatable bonds is 9. The Balaban J connectivity index is 1.38. The van der Waals surface area contributed by atoms with E-state index >= 15 is 0 Å². The second-order valence-electron chi connectivity index (χ2n) is 11.4. The molecule has 1 N–H and O–H groups in total. The first-order valence-corrected chi connectivity index (χ1v) is 16.2. The normalized spacial score (nSPS) is 14.7. The van der Waals surface area contributed by atoms with E-state index in [1.165, 1.54) is 37.0 Å². The maximum Gasteiger partial charge on any atom is 0.258 e. The summed E-state index contributed by atoms with van der Waals surface area (Å²) in [7, 11) is 0. The molecule has 1 aliphatic heterocycles. The summed E-state index contributed by atoms with van der Waals surface area (Å²) in [6, 6.07) is 12.4. The third-order valence-electron chi connectivity index (χ3n) is 8.38. The van der Waals surface area contributed by atoms with E-state index in [4.69, 9.17) is 4.98 Å². The zero-order valence-corrected chi connectivity index (χ0v) is 26.0. The summed E-state index contributed by atoms with van der Waals surface area (Å²) in [5.41, 5.74) is 2.78. The molecule has 4 aromatic heterocycles. The van der Waals surface area contributed by atoms with E-state index in [9.17, 15) is 9.59 Å². The fourth-order valence-corrected chi connectivity index (χ4v) is 7.41. The van der Waals surface area contributed by atoms with Gasteiger partial charge in [-0.15, -0.1) is 11.3 Å². The van der Waals surface area contributed by atoms with Crippen LogP contribution in [0.2, 0.25) is 0 Å². The third-order valence-corrected chi connectivity index (χ3v) is 9.53. The summed E-state index contributed by atoms with van der Waals surface area (Å²) < 4.78 is 2.98. The van der Waals surface area contributed by atoms with E-state index in [-0.39, 0.29) is 17.5 Å². The predicted molar refractivity (Wildman–Crippen MR) is 174 cm³/mol. The van der Waals surface area contributed by atoms with E-state index in [0.717, 1.165) is 54.3 Å². The van der Waals surface area contributed by atoms with Crippen LogP contribution in [-0.2, 0) is 6.54 Å². The minimum Gasteiger partial charge on any atom is -0.355 e. The highest BCUT2D eigenvalue weighted by Gasteiger charge is 2.25. The van der Waals surface area contributed by atoms with Crippen LogP contribution in [0.15, 0.2) is 53.6 Å². The summed E-state index contributed by atoms with van der Waals surface area (Å²) in [6.07, 6.45) is 9.26. The molecule has 0 aliphatic carbocycles. The molecule has 0 atom stereocenters. The van der Waals surface area contributed by atoms with Gasteiger partial charge in [-0.3, -0.25) is 28.9 Å². The van der Waals surface area contributed by atoms with E-state index in [1.54, 1.807) is 12.4 Å². The highest BCUT2D eigenvalue weighted by atomic mass is 32.1. The Hall–Kier alpha value is -3.89. The Morgan fingerprint density at radius 1 is 1.00 bits per heavy atom. The van der Waals surface area contributed by atoms with Gasteiger partial charge < -0.3 is 10.2 Å². The molecule has 5 heterocycles. The number of aryl methyl sites for hydroxylation is 1. The number of hydrogen-bond acceptors (Lipinski definition) is 8. The van der Waals surface area contributed by atoms with Crippen LogP contribution in [0.5, 0.6) is 0 Å². The van der Waals surface area contributed by atoms with Crippen molar-refractivity contribution in [2.45, 2.75) is 65.5 Å². The Morgan fingerprint density at radius 2 is 1.81 bits per heavy atom. The van der Waals surface area contributed by atoms with Crippen molar-refractivity contribution in [3.63, 3.8) is 0 Å². The second kappa shape index (κ2) is 12.8. The van der Waals surface area contributed by atoms with Gasteiger partial charge in [0.2, 0.25) is 5.43 Å². The molecular weight excluding hydrogens is 558 g/mol. The first-order chi connectivity index (χ1) is 21.0. The van der Waals surface area contributed by atoms with Crippen molar-refractivity contribution in [2.24, 2.45) is 0 Å². The van der Waals surface area contributed by atoms with Crippen molar-refractivity contribution in [1.82, 2.24) is 29.6 Å². The number of thiazole rings is 1. The number of nitrogens with one attached hydrogen (secondary N) is 1. The number of pyridine rings is 2. The number of anilines is 1. The van der Waals surface area contributed by atoms with E-state index in [1.807, 2.05) is 47.7 Å². The molecule has 1 saturated heterocycles. The number of aromatic nitrogens is 4. The fraction of sp³-hybridized carbons (Fsp3) is 0.424. The van der Waals surface area contributed by atoms with E-state index < -0.39 is 5.91 Å². The average molecular weight is 598 g/mol. The minimum atomic E-state index is -0.427. The van der Waals surface area contributed by atoms with Gasteiger partial charge in [0.15, 0.2) is 5.65 Å². The van der Waals surface area contributed by atoms with Crippen LogP contribution in [0, 0.1) is 6.92 Å². The molecule has 6 rings (SSSR count). The summed E-state index contributed by atoms with van der Waals surface area (Å²) in [4.78, 5) is 46.8. The first-order valence-electron chi connectivity index (χ1n) is 15.4. The smallest absolute Gasteiger partial charge is 0.258 e. The standard InChI is InChI=1S/C33H39N7O2S/c1-4-9-24(10-5-2)38-15-8-16-39(18-17-38)28-14-13-25-30(41)29(32(42)36-21-23-20-34-22(3)19-35-23)33-40(31(25)37-28)26-11-6-7-12-27(26)43-33/h6-7,11-14,19-20,24H,4-5,8-10,15-18,21H2,1-3H3,(H,36,42). The third kappa shape index (κ3) is 5.86. The van der Waals surface area contributed by atoms with Gasteiger partial charge in [-0.05, 0) is 50.5 Å². The number of amides is 1. The maximum atomic E-state index is 13.9. The molecule has 9 nitrogen and oxygen atoms in total. The van der Waals surface area contributed by atoms with Gasteiger partial charge in [-0.2, -0.15) is 0 Å². The molecule has 1 fully saturated rings. The lowest BCUT2D eigenvalue weighted by molar-refractivity contribution is 0.0951. The van der Waals surface area contributed by atoms with Crippen molar-refractivity contribution in [3.05, 3.63) is 76.0 Å². The largest absolute Gasteiger partial charge is 0.355 e. The monoisotopic (exact) mass is 597 g/mol. The molecule has 0 radical (unpaired) electrons. The summed E-state index contributed by atoms with van der Waals surface area (Å²) in [5, 5.41) is 3.33. The number of fused-ring (bicyclic) bond motifs is 5. The SMILES string of the molecule is CCCC(CCC)N1CCCN(c2ccc3c(=O)c(C(=O)NCc4cnc(C)cn4)c4sc5ccccc5n4c3n2)CC1. The minimum absolute atomic E-state index is 0.131. The van der Waals surface area contributed by atoms with Gasteiger partial charge >= 0.3 is 0 Å².